The van der Waals surface area contributed by atoms with Crippen LogP contribution in [0, 0.1) is 0 Å². The van der Waals surface area contributed by atoms with Gasteiger partial charge in [-0.2, -0.15) is 13.2 Å². The number of hydrogen-bond acceptors (Lipinski definition) is 3. The molecule has 0 bridgehead atoms. The molecule has 0 aliphatic heterocycles. The summed E-state index contributed by atoms with van der Waals surface area (Å²) < 4.78 is 40.9. The maximum atomic E-state index is 13.1. The lowest BCUT2D eigenvalue weighted by atomic mass is 10.2. The van der Waals surface area contributed by atoms with Gasteiger partial charge < -0.3 is 5.11 Å². The fourth-order valence-electron chi connectivity index (χ4n) is 2.70. The number of halogens is 4. The molecule has 0 aliphatic rings. The molecule has 2 heterocycles. The average Bonchev–Trinajstić information content (AvgIpc) is 2.92. The standard InChI is InChI=1S/C17H15ClF3N3O/c1-2-16-23-14-7-12(17(19,20)21)13(18)8-15(14)24(16)11-4-3-10(5-6-25)22-9-11/h3-4,7-9,25H,2,5-6H2,1H3. The van der Waals surface area contributed by atoms with E-state index >= 15 is 0 Å². The summed E-state index contributed by atoms with van der Waals surface area (Å²) in [6, 6.07) is 5.82. The molecule has 0 atom stereocenters. The van der Waals surface area contributed by atoms with Crippen molar-refractivity contribution in [2.24, 2.45) is 0 Å². The molecule has 3 aromatic rings. The summed E-state index contributed by atoms with van der Waals surface area (Å²) in [5, 5.41) is 8.59. The Morgan fingerprint density at radius 3 is 2.56 bits per heavy atom. The van der Waals surface area contributed by atoms with E-state index in [1.807, 2.05) is 6.92 Å². The summed E-state index contributed by atoms with van der Waals surface area (Å²) in [4.78, 5) is 8.58. The molecule has 132 valence electrons. The monoisotopic (exact) mass is 369 g/mol. The number of aromatic nitrogens is 3. The summed E-state index contributed by atoms with van der Waals surface area (Å²) in [5.41, 5.74) is 1.23. The summed E-state index contributed by atoms with van der Waals surface area (Å²) in [5.74, 6) is 0.613. The lowest BCUT2D eigenvalue weighted by Gasteiger charge is -2.11. The molecule has 0 amide bonds. The Labute approximate surface area is 146 Å². The van der Waals surface area contributed by atoms with Gasteiger partial charge in [0.1, 0.15) is 5.82 Å². The molecule has 25 heavy (non-hydrogen) atoms. The van der Waals surface area contributed by atoms with Crippen molar-refractivity contribution >= 4 is 22.6 Å². The van der Waals surface area contributed by atoms with Gasteiger partial charge in [-0.25, -0.2) is 4.98 Å². The molecule has 0 unspecified atom stereocenters. The van der Waals surface area contributed by atoms with Gasteiger partial charge in [0.25, 0.3) is 0 Å². The smallest absolute Gasteiger partial charge is 0.396 e. The van der Waals surface area contributed by atoms with E-state index in [9.17, 15) is 13.2 Å². The van der Waals surface area contributed by atoms with E-state index in [4.69, 9.17) is 16.7 Å². The van der Waals surface area contributed by atoms with Crippen molar-refractivity contribution in [2.75, 3.05) is 6.61 Å². The van der Waals surface area contributed by atoms with Crippen molar-refractivity contribution in [3.05, 3.63) is 52.6 Å². The van der Waals surface area contributed by atoms with Gasteiger partial charge >= 0.3 is 6.18 Å². The third-order valence-corrected chi connectivity index (χ3v) is 4.18. The van der Waals surface area contributed by atoms with E-state index < -0.39 is 11.7 Å². The number of fused-ring (bicyclic) bond motifs is 1. The van der Waals surface area contributed by atoms with Crippen molar-refractivity contribution in [2.45, 2.75) is 25.9 Å². The second-order valence-electron chi connectivity index (χ2n) is 5.52. The van der Waals surface area contributed by atoms with Gasteiger partial charge in [0.2, 0.25) is 0 Å². The second kappa shape index (κ2) is 6.65. The van der Waals surface area contributed by atoms with Crippen molar-refractivity contribution in [1.82, 2.24) is 14.5 Å². The number of rotatable bonds is 4. The molecule has 0 saturated carbocycles. The Morgan fingerprint density at radius 1 is 1.24 bits per heavy atom. The Morgan fingerprint density at radius 2 is 2.00 bits per heavy atom. The van der Waals surface area contributed by atoms with E-state index in [0.29, 0.717) is 29.9 Å². The predicted octanol–water partition coefficient (Wildman–Crippen LogP) is 4.19. The van der Waals surface area contributed by atoms with Crippen molar-refractivity contribution < 1.29 is 18.3 Å². The fraction of sp³-hybridized carbons (Fsp3) is 0.294. The van der Waals surface area contributed by atoms with E-state index in [1.165, 1.54) is 6.07 Å². The fourth-order valence-corrected chi connectivity index (χ4v) is 2.97. The minimum Gasteiger partial charge on any atom is -0.396 e. The van der Waals surface area contributed by atoms with Crippen LogP contribution in [-0.2, 0) is 19.0 Å². The van der Waals surface area contributed by atoms with Crippen molar-refractivity contribution in [3.63, 3.8) is 0 Å². The van der Waals surface area contributed by atoms with Crippen molar-refractivity contribution in [1.29, 1.82) is 0 Å². The summed E-state index contributed by atoms with van der Waals surface area (Å²) >= 11 is 5.86. The highest BCUT2D eigenvalue weighted by Gasteiger charge is 2.34. The summed E-state index contributed by atoms with van der Waals surface area (Å²) in [6.45, 7) is 1.87. The normalized spacial score (nSPS) is 12.1. The SMILES string of the molecule is CCc1nc2cc(C(F)(F)F)c(Cl)cc2n1-c1ccc(CCO)nc1. The van der Waals surface area contributed by atoms with E-state index in [1.54, 1.807) is 22.9 Å². The third-order valence-electron chi connectivity index (χ3n) is 3.87. The second-order valence-corrected chi connectivity index (χ2v) is 5.92. The number of benzene rings is 1. The largest absolute Gasteiger partial charge is 0.417 e. The molecule has 0 spiro atoms. The van der Waals surface area contributed by atoms with Crippen LogP contribution in [0.4, 0.5) is 13.2 Å². The van der Waals surface area contributed by atoms with Crippen LogP contribution < -0.4 is 0 Å². The van der Waals surface area contributed by atoms with Gasteiger partial charge in [0.15, 0.2) is 0 Å². The zero-order valence-electron chi connectivity index (χ0n) is 13.3. The molecule has 0 fully saturated rings. The molecule has 2 aromatic heterocycles. The van der Waals surface area contributed by atoms with Gasteiger partial charge in [0.05, 0.1) is 33.5 Å². The summed E-state index contributed by atoms with van der Waals surface area (Å²) in [6.07, 6.45) is -1.95. The zero-order valence-corrected chi connectivity index (χ0v) is 14.1. The Hall–Kier alpha value is -2.12. The van der Waals surface area contributed by atoms with E-state index in [-0.39, 0.29) is 17.1 Å². The molecule has 1 N–H and O–H groups in total. The molecule has 3 rings (SSSR count). The molecule has 0 aliphatic carbocycles. The number of aliphatic hydroxyl groups excluding tert-OH is 1. The van der Waals surface area contributed by atoms with Crippen LogP contribution in [0.3, 0.4) is 0 Å². The molecule has 4 nitrogen and oxygen atoms in total. The molecule has 1 aromatic carbocycles. The number of aliphatic hydroxyl groups is 1. The highest BCUT2D eigenvalue weighted by molar-refractivity contribution is 6.32. The van der Waals surface area contributed by atoms with Crippen LogP contribution in [0.5, 0.6) is 0 Å². The Bertz CT molecular complexity index is 904. The maximum Gasteiger partial charge on any atom is 0.417 e. The maximum absolute atomic E-state index is 13.1. The summed E-state index contributed by atoms with van der Waals surface area (Å²) in [7, 11) is 0. The van der Waals surface area contributed by atoms with Gasteiger partial charge in [-0.3, -0.25) is 9.55 Å². The minimum atomic E-state index is -4.53. The van der Waals surface area contributed by atoms with E-state index in [0.717, 1.165) is 11.8 Å². The molecular formula is C17H15ClF3N3O. The van der Waals surface area contributed by atoms with Crippen LogP contribution in [-0.4, -0.2) is 26.2 Å². The van der Waals surface area contributed by atoms with Gasteiger partial charge in [-0.15, -0.1) is 0 Å². The first-order chi connectivity index (χ1) is 11.8. The Kier molecular flexibility index (Phi) is 4.71. The minimum absolute atomic E-state index is 0.00358. The number of nitrogens with zero attached hydrogens (tertiary/aromatic N) is 3. The zero-order chi connectivity index (χ0) is 18.2. The molecular weight excluding hydrogens is 355 g/mol. The lowest BCUT2D eigenvalue weighted by Crippen LogP contribution is -2.06. The topological polar surface area (TPSA) is 50.9 Å². The van der Waals surface area contributed by atoms with Crippen LogP contribution in [0.15, 0.2) is 30.5 Å². The molecule has 0 saturated heterocycles. The van der Waals surface area contributed by atoms with Gasteiger partial charge in [-0.05, 0) is 24.3 Å². The number of hydrogen-bond donors (Lipinski definition) is 1. The highest BCUT2D eigenvalue weighted by atomic mass is 35.5. The predicted molar refractivity (Wildman–Crippen MR) is 89.0 cm³/mol. The van der Waals surface area contributed by atoms with E-state index in [2.05, 4.69) is 9.97 Å². The van der Waals surface area contributed by atoms with Crippen LogP contribution in [0.1, 0.15) is 24.0 Å². The highest BCUT2D eigenvalue weighted by Crippen LogP contribution is 2.37. The van der Waals surface area contributed by atoms with Crippen LogP contribution in [0.25, 0.3) is 16.7 Å². The van der Waals surface area contributed by atoms with Gasteiger partial charge in [0, 0.05) is 25.1 Å². The number of imidazole rings is 1. The third kappa shape index (κ3) is 3.34. The molecule has 0 radical (unpaired) electrons. The average molecular weight is 370 g/mol. The first-order valence-corrected chi connectivity index (χ1v) is 8.07. The lowest BCUT2D eigenvalue weighted by molar-refractivity contribution is -0.137. The molecule has 8 heteroatoms. The van der Waals surface area contributed by atoms with Crippen molar-refractivity contribution in [3.8, 4) is 5.69 Å². The number of aryl methyl sites for hydroxylation is 1. The number of pyridine rings is 1. The first kappa shape index (κ1) is 17.7. The quantitative estimate of drug-likeness (QED) is 0.750. The first-order valence-electron chi connectivity index (χ1n) is 7.69. The number of alkyl halides is 3. The van der Waals surface area contributed by atoms with Crippen LogP contribution >= 0.6 is 11.6 Å². The van der Waals surface area contributed by atoms with Crippen LogP contribution in [0.2, 0.25) is 5.02 Å². The Balaban J connectivity index is 2.18. The van der Waals surface area contributed by atoms with Gasteiger partial charge in [-0.1, -0.05) is 18.5 Å².